The van der Waals surface area contributed by atoms with Gasteiger partial charge in [0.15, 0.2) is 0 Å². The standard InChI is InChI=1S/C27H26FNO4/c1-16-7-8-18(14-21(16)28)24(30)22-23(17-9-11-19(12-10-17)27(2,3)4)29(26(32)25(22)31)15-20-6-5-13-33-20/h5-14,23,30H,15H2,1-4H3/t23-/m1/s1. The van der Waals surface area contributed by atoms with Gasteiger partial charge in [0.05, 0.1) is 24.4 Å². The van der Waals surface area contributed by atoms with Crippen LogP contribution in [0.5, 0.6) is 0 Å². The quantitative estimate of drug-likeness (QED) is 0.319. The average molecular weight is 448 g/mol. The summed E-state index contributed by atoms with van der Waals surface area (Å²) >= 11 is 0. The Balaban J connectivity index is 1.86. The van der Waals surface area contributed by atoms with Crippen molar-refractivity contribution in [2.45, 2.75) is 45.7 Å². The van der Waals surface area contributed by atoms with Crippen LogP contribution in [-0.2, 0) is 21.5 Å². The van der Waals surface area contributed by atoms with Gasteiger partial charge in [0.1, 0.15) is 17.3 Å². The van der Waals surface area contributed by atoms with E-state index in [0.717, 1.165) is 5.56 Å². The number of amides is 1. The van der Waals surface area contributed by atoms with E-state index in [4.69, 9.17) is 4.42 Å². The van der Waals surface area contributed by atoms with Gasteiger partial charge in [-0.05, 0) is 47.2 Å². The molecule has 1 N–H and O–H groups in total. The number of nitrogens with zero attached hydrogens (tertiary/aromatic N) is 1. The van der Waals surface area contributed by atoms with Crippen molar-refractivity contribution >= 4 is 17.4 Å². The molecule has 0 bridgehead atoms. The second kappa shape index (κ2) is 8.35. The Morgan fingerprint density at radius 3 is 2.36 bits per heavy atom. The van der Waals surface area contributed by atoms with Gasteiger partial charge in [0.2, 0.25) is 0 Å². The highest BCUT2D eigenvalue weighted by Crippen LogP contribution is 2.41. The molecule has 6 heteroatoms. The van der Waals surface area contributed by atoms with Crippen LogP contribution >= 0.6 is 0 Å². The summed E-state index contributed by atoms with van der Waals surface area (Å²) in [7, 11) is 0. The van der Waals surface area contributed by atoms with E-state index in [1.165, 1.54) is 29.4 Å². The van der Waals surface area contributed by atoms with E-state index in [2.05, 4.69) is 20.8 Å². The Bertz CT molecular complexity index is 1230. The lowest BCUT2D eigenvalue weighted by Gasteiger charge is -2.26. The predicted octanol–water partition coefficient (Wildman–Crippen LogP) is 5.65. The molecular weight excluding hydrogens is 421 g/mol. The summed E-state index contributed by atoms with van der Waals surface area (Å²) in [5.41, 5.74) is 2.18. The van der Waals surface area contributed by atoms with E-state index < -0.39 is 29.3 Å². The summed E-state index contributed by atoms with van der Waals surface area (Å²) in [4.78, 5) is 27.5. The molecule has 0 radical (unpaired) electrons. The van der Waals surface area contributed by atoms with Gasteiger partial charge < -0.3 is 14.4 Å². The van der Waals surface area contributed by atoms with Crippen molar-refractivity contribution in [2.24, 2.45) is 0 Å². The zero-order chi connectivity index (χ0) is 23.9. The third-order valence-corrected chi connectivity index (χ3v) is 5.98. The molecule has 0 saturated carbocycles. The Morgan fingerprint density at radius 2 is 1.79 bits per heavy atom. The van der Waals surface area contributed by atoms with Crippen LogP contribution in [0.2, 0.25) is 0 Å². The van der Waals surface area contributed by atoms with Gasteiger partial charge in [-0.3, -0.25) is 9.59 Å². The molecule has 1 atom stereocenters. The number of hydrogen-bond acceptors (Lipinski definition) is 4. The first-order valence-electron chi connectivity index (χ1n) is 10.8. The largest absolute Gasteiger partial charge is 0.507 e. The average Bonchev–Trinajstić information content (AvgIpc) is 3.37. The lowest BCUT2D eigenvalue weighted by molar-refractivity contribution is -0.140. The minimum atomic E-state index is -0.839. The summed E-state index contributed by atoms with van der Waals surface area (Å²) in [6.07, 6.45) is 1.49. The summed E-state index contributed by atoms with van der Waals surface area (Å²) in [5.74, 6) is -1.96. The van der Waals surface area contributed by atoms with Crippen molar-refractivity contribution in [2.75, 3.05) is 0 Å². The summed E-state index contributed by atoms with van der Waals surface area (Å²) < 4.78 is 19.6. The van der Waals surface area contributed by atoms with Crippen LogP contribution in [0.3, 0.4) is 0 Å². The number of hydrogen-bond donors (Lipinski definition) is 1. The smallest absolute Gasteiger partial charge is 0.296 e. The third kappa shape index (κ3) is 4.21. The van der Waals surface area contributed by atoms with E-state index in [-0.39, 0.29) is 23.1 Å². The molecule has 2 aromatic carbocycles. The number of furan rings is 1. The number of aryl methyl sites for hydroxylation is 1. The lowest BCUT2D eigenvalue weighted by Crippen LogP contribution is -2.29. The number of aliphatic hydroxyl groups is 1. The fourth-order valence-corrected chi connectivity index (χ4v) is 4.02. The van der Waals surface area contributed by atoms with E-state index in [0.29, 0.717) is 16.9 Å². The Labute approximate surface area is 192 Å². The second-order valence-corrected chi connectivity index (χ2v) is 9.34. The highest BCUT2D eigenvalue weighted by atomic mass is 19.1. The summed E-state index contributed by atoms with van der Waals surface area (Å²) in [6, 6.07) is 14.4. The third-order valence-electron chi connectivity index (χ3n) is 5.98. The minimum Gasteiger partial charge on any atom is -0.507 e. The molecule has 33 heavy (non-hydrogen) atoms. The molecule has 4 rings (SSSR count). The number of carbonyl (C=O) groups excluding carboxylic acids is 2. The molecule has 0 aliphatic carbocycles. The number of ketones is 1. The van der Waals surface area contributed by atoms with E-state index in [1.807, 2.05) is 24.3 Å². The number of benzene rings is 2. The molecular formula is C27H26FNO4. The van der Waals surface area contributed by atoms with Crippen LogP contribution in [0, 0.1) is 12.7 Å². The van der Waals surface area contributed by atoms with Crippen LogP contribution < -0.4 is 0 Å². The van der Waals surface area contributed by atoms with Gasteiger partial charge in [-0.15, -0.1) is 0 Å². The van der Waals surface area contributed by atoms with Gasteiger partial charge in [-0.1, -0.05) is 57.2 Å². The fourth-order valence-electron chi connectivity index (χ4n) is 4.02. The van der Waals surface area contributed by atoms with Crippen molar-refractivity contribution in [1.29, 1.82) is 0 Å². The van der Waals surface area contributed by atoms with E-state index in [1.54, 1.807) is 19.1 Å². The van der Waals surface area contributed by atoms with E-state index in [9.17, 15) is 19.1 Å². The van der Waals surface area contributed by atoms with Crippen molar-refractivity contribution in [1.82, 2.24) is 4.90 Å². The predicted molar refractivity (Wildman–Crippen MR) is 123 cm³/mol. The number of Topliss-reactive ketones (excluding diaryl/α,β-unsaturated/α-hetero) is 1. The molecule has 1 aliphatic heterocycles. The maximum atomic E-state index is 14.2. The SMILES string of the molecule is Cc1ccc(C(O)=C2C(=O)C(=O)N(Cc3ccco3)[C@@H]2c2ccc(C(C)(C)C)cc2)cc1F. The zero-order valence-corrected chi connectivity index (χ0v) is 19.1. The molecule has 1 aromatic heterocycles. The van der Waals surface area contributed by atoms with Crippen LogP contribution in [0.25, 0.3) is 5.76 Å². The summed E-state index contributed by atoms with van der Waals surface area (Å²) in [6.45, 7) is 7.95. The van der Waals surface area contributed by atoms with E-state index >= 15 is 0 Å². The van der Waals surface area contributed by atoms with Crippen molar-refractivity contribution in [3.63, 3.8) is 0 Å². The van der Waals surface area contributed by atoms with Crippen molar-refractivity contribution in [3.8, 4) is 0 Å². The molecule has 1 aliphatic rings. The highest BCUT2D eigenvalue weighted by molar-refractivity contribution is 6.46. The molecule has 0 spiro atoms. The number of carbonyl (C=O) groups is 2. The topological polar surface area (TPSA) is 70.8 Å². The second-order valence-electron chi connectivity index (χ2n) is 9.34. The van der Waals surface area contributed by atoms with Crippen LogP contribution in [0.4, 0.5) is 4.39 Å². The van der Waals surface area contributed by atoms with Crippen molar-refractivity contribution in [3.05, 3.63) is 100 Å². The van der Waals surface area contributed by atoms with Gasteiger partial charge >= 0.3 is 0 Å². The van der Waals surface area contributed by atoms with Crippen LogP contribution in [0.1, 0.15) is 54.8 Å². The molecule has 170 valence electrons. The maximum Gasteiger partial charge on any atom is 0.296 e. The molecule has 2 heterocycles. The molecule has 0 unspecified atom stereocenters. The first-order valence-corrected chi connectivity index (χ1v) is 10.8. The Morgan fingerprint density at radius 1 is 1.09 bits per heavy atom. The van der Waals surface area contributed by atoms with Gasteiger partial charge in [-0.25, -0.2) is 4.39 Å². The molecule has 1 fully saturated rings. The molecule has 3 aromatic rings. The zero-order valence-electron chi connectivity index (χ0n) is 19.1. The normalized spacial score (nSPS) is 18.2. The van der Waals surface area contributed by atoms with Gasteiger partial charge in [0.25, 0.3) is 11.7 Å². The van der Waals surface area contributed by atoms with Gasteiger partial charge in [-0.2, -0.15) is 0 Å². The molecule has 1 amide bonds. The number of rotatable bonds is 4. The molecule has 1 saturated heterocycles. The number of aliphatic hydroxyl groups excluding tert-OH is 1. The summed E-state index contributed by atoms with van der Waals surface area (Å²) in [5, 5.41) is 11.1. The van der Waals surface area contributed by atoms with Crippen LogP contribution in [0.15, 0.2) is 70.9 Å². The number of likely N-dealkylation sites (tertiary alicyclic amines) is 1. The Hall–Kier alpha value is -3.67. The highest BCUT2D eigenvalue weighted by Gasteiger charge is 2.46. The Kier molecular flexibility index (Phi) is 5.70. The first-order chi connectivity index (χ1) is 15.6. The molecule has 5 nitrogen and oxygen atoms in total. The monoisotopic (exact) mass is 447 g/mol. The fraction of sp³-hybridized carbons (Fsp3) is 0.259. The van der Waals surface area contributed by atoms with Gasteiger partial charge in [0, 0.05) is 5.56 Å². The van der Waals surface area contributed by atoms with Crippen LogP contribution in [-0.4, -0.2) is 21.7 Å². The first kappa shape index (κ1) is 22.5. The lowest BCUT2D eigenvalue weighted by atomic mass is 9.85. The van der Waals surface area contributed by atoms with Crippen molar-refractivity contribution < 1.29 is 23.5 Å². The maximum absolute atomic E-state index is 14.2. The number of halogens is 1. The minimum absolute atomic E-state index is 0.0578.